The standard InChI is InChI=1S/C12H13F3O2/c1-4-10(16)8-5-7(2)9(12(13,14)15)6-11(8)17-3/h5-6H,4H2,1-3H3. The van der Waals surface area contributed by atoms with Gasteiger partial charge in [0.05, 0.1) is 18.2 Å². The van der Waals surface area contributed by atoms with E-state index in [9.17, 15) is 18.0 Å². The largest absolute Gasteiger partial charge is 0.496 e. The molecule has 1 aromatic rings. The Morgan fingerprint density at radius 3 is 2.35 bits per heavy atom. The van der Waals surface area contributed by atoms with Crippen molar-refractivity contribution in [2.75, 3.05) is 7.11 Å². The molecule has 0 radical (unpaired) electrons. The number of hydrogen-bond acceptors (Lipinski definition) is 2. The van der Waals surface area contributed by atoms with Crippen molar-refractivity contribution in [3.63, 3.8) is 0 Å². The summed E-state index contributed by atoms with van der Waals surface area (Å²) in [6.07, 6.45) is -4.22. The summed E-state index contributed by atoms with van der Waals surface area (Å²) in [5, 5.41) is 0. The van der Waals surface area contributed by atoms with Crippen LogP contribution in [0.15, 0.2) is 12.1 Å². The number of carbonyl (C=O) groups is 1. The zero-order valence-corrected chi connectivity index (χ0v) is 9.81. The minimum absolute atomic E-state index is 0.0232. The first-order chi connectivity index (χ1) is 7.81. The number of ether oxygens (including phenoxy) is 1. The van der Waals surface area contributed by atoms with Gasteiger partial charge in [0.2, 0.25) is 0 Å². The van der Waals surface area contributed by atoms with Crippen LogP contribution in [0.5, 0.6) is 5.75 Å². The van der Waals surface area contributed by atoms with Gasteiger partial charge in [-0.1, -0.05) is 6.92 Å². The summed E-state index contributed by atoms with van der Waals surface area (Å²) in [6, 6.07) is 2.10. The zero-order chi connectivity index (χ0) is 13.2. The highest BCUT2D eigenvalue weighted by Gasteiger charge is 2.33. The van der Waals surface area contributed by atoms with Crippen LogP contribution >= 0.6 is 0 Å². The van der Waals surface area contributed by atoms with Crippen LogP contribution in [0.4, 0.5) is 13.2 Å². The lowest BCUT2D eigenvalue weighted by Crippen LogP contribution is -2.10. The Kier molecular flexibility index (Phi) is 3.80. The molecule has 0 aromatic heterocycles. The van der Waals surface area contributed by atoms with Crippen molar-refractivity contribution in [3.05, 3.63) is 28.8 Å². The summed E-state index contributed by atoms with van der Waals surface area (Å²) in [7, 11) is 1.25. The number of methoxy groups -OCH3 is 1. The molecule has 0 heterocycles. The number of alkyl halides is 3. The molecule has 1 aromatic carbocycles. The van der Waals surface area contributed by atoms with Crippen LogP contribution < -0.4 is 4.74 Å². The minimum atomic E-state index is -4.44. The quantitative estimate of drug-likeness (QED) is 0.761. The molecule has 0 unspecified atom stereocenters. The van der Waals surface area contributed by atoms with E-state index in [2.05, 4.69) is 0 Å². The molecule has 5 heteroatoms. The average molecular weight is 246 g/mol. The normalized spacial score (nSPS) is 11.4. The summed E-state index contributed by atoms with van der Waals surface area (Å²) in [5.74, 6) is -0.270. The zero-order valence-electron chi connectivity index (χ0n) is 9.81. The fourth-order valence-corrected chi connectivity index (χ4v) is 1.57. The lowest BCUT2D eigenvalue weighted by Gasteiger charge is -2.14. The van der Waals surface area contributed by atoms with Crippen LogP contribution in [0.25, 0.3) is 0 Å². The van der Waals surface area contributed by atoms with Crippen molar-refractivity contribution >= 4 is 5.78 Å². The molecular weight excluding hydrogens is 233 g/mol. The molecule has 0 N–H and O–H groups in total. The van der Waals surface area contributed by atoms with Gasteiger partial charge in [-0.3, -0.25) is 4.79 Å². The topological polar surface area (TPSA) is 26.3 Å². The minimum Gasteiger partial charge on any atom is -0.496 e. The van der Waals surface area contributed by atoms with Gasteiger partial charge in [0.1, 0.15) is 5.75 Å². The Morgan fingerprint density at radius 2 is 1.94 bits per heavy atom. The number of halogens is 3. The number of hydrogen-bond donors (Lipinski definition) is 0. The highest BCUT2D eigenvalue weighted by atomic mass is 19.4. The highest BCUT2D eigenvalue weighted by molar-refractivity contribution is 5.98. The number of ketones is 1. The van der Waals surface area contributed by atoms with Gasteiger partial charge in [-0.05, 0) is 24.6 Å². The second-order valence-corrected chi connectivity index (χ2v) is 3.64. The van der Waals surface area contributed by atoms with Crippen molar-refractivity contribution < 1.29 is 22.7 Å². The van der Waals surface area contributed by atoms with Gasteiger partial charge in [-0.2, -0.15) is 13.2 Å². The molecule has 0 amide bonds. The van der Waals surface area contributed by atoms with Crippen LogP contribution in [0, 0.1) is 6.92 Å². The molecule has 0 spiro atoms. The van der Waals surface area contributed by atoms with E-state index in [1.54, 1.807) is 6.92 Å². The predicted molar refractivity (Wildman–Crippen MR) is 57.4 cm³/mol. The Bertz CT molecular complexity index is 436. The molecule has 0 saturated heterocycles. The molecule has 0 aliphatic rings. The maximum Gasteiger partial charge on any atom is 0.416 e. The first kappa shape index (κ1) is 13.5. The monoisotopic (exact) mass is 246 g/mol. The fourth-order valence-electron chi connectivity index (χ4n) is 1.57. The summed E-state index contributed by atoms with van der Waals surface area (Å²) in [6.45, 7) is 2.98. The van der Waals surface area contributed by atoms with Gasteiger partial charge >= 0.3 is 6.18 Å². The molecule has 0 bridgehead atoms. The summed E-state index contributed by atoms with van der Waals surface area (Å²) in [5.41, 5.74) is -0.558. The van der Waals surface area contributed by atoms with E-state index in [0.29, 0.717) is 0 Å². The lowest BCUT2D eigenvalue weighted by molar-refractivity contribution is -0.138. The van der Waals surface area contributed by atoms with Gasteiger partial charge in [-0.15, -0.1) is 0 Å². The molecule has 0 aliphatic carbocycles. The summed E-state index contributed by atoms with van der Waals surface area (Å²) in [4.78, 5) is 11.5. The molecule has 0 fully saturated rings. The van der Waals surface area contributed by atoms with Crippen LogP contribution in [-0.4, -0.2) is 12.9 Å². The van der Waals surface area contributed by atoms with E-state index >= 15 is 0 Å². The van der Waals surface area contributed by atoms with Gasteiger partial charge in [0.15, 0.2) is 5.78 Å². The van der Waals surface area contributed by atoms with Gasteiger partial charge in [-0.25, -0.2) is 0 Å². The van der Waals surface area contributed by atoms with E-state index < -0.39 is 11.7 Å². The molecule has 2 nitrogen and oxygen atoms in total. The van der Waals surface area contributed by atoms with E-state index in [-0.39, 0.29) is 29.1 Å². The SMILES string of the molecule is CCC(=O)c1cc(C)c(C(F)(F)F)cc1OC. The van der Waals surface area contributed by atoms with Crippen molar-refractivity contribution in [3.8, 4) is 5.75 Å². The highest BCUT2D eigenvalue weighted by Crippen LogP contribution is 2.36. The lowest BCUT2D eigenvalue weighted by atomic mass is 10.00. The third-order valence-corrected chi connectivity index (χ3v) is 2.47. The first-order valence-electron chi connectivity index (χ1n) is 5.10. The third-order valence-electron chi connectivity index (χ3n) is 2.47. The van der Waals surface area contributed by atoms with Crippen LogP contribution in [0.1, 0.15) is 34.8 Å². The predicted octanol–water partition coefficient (Wildman–Crippen LogP) is 3.62. The van der Waals surface area contributed by atoms with Gasteiger partial charge in [0.25, 0.3) is 0 Å². The number of carbonyl (C=O) groups excluding carboxylic acids is 1. The third kappa shape index (κ3) is 2.78. The molecule has 0 saturated carbocycles. The maximum absolute atomic E-state index is 12.6. The van der Waals surface area contributed by atoms with E-state index in [1.807, 2.05) is 0 Å². The molecule has 17 heavy (non-hydrogen) atoms. The van der Waals surface area contributed by atoms with Crippen LogP contribution in [0.3, 0.4) is 0 Å². The van der Waals surface area contributed by atoms with Crippen molar-refractivity contribution in [1.82, 2.24) is 0 Å². The molecule has 0 aliphatic heterocycles. The fraction of sp³-hybridized carbons (Fsp3) is 0.417. The number of Topliss-reactive ketones (excluding diaryl/α,β-unsaturated/α-hetero) is 1. The summed E-state index contributed by atoms with van der Waals surface area (Å²) >= 11 is 0. The molecule has 94 valence electrons. The van der Waals surface area contributed by atoms with Crippen molar-refractivity contribution in [2.24, 2.45) is 0 Å². The molecular formula is C12H13F3O2. The van der Waals surface area contributed by atoms with E-state index in [4.69, 9.17) is 4.74 Å². The molecule has 1 rings (SSSR count). The second kappa shape index (κ2) is 4.77. The van der Waals surface area contributed by atoms with Crippen LogP contribution in [0.2, 0.25) is 0 Å². The number of aryl methyl sites for hydroxylation is 1. The Hall–Kier alpha value is -1.52. The Labute approximate surface area is 97.4 Å². The average Bonchev–Trinajstić information content (AvgIpc) is 2.26. The molecule has 0 atom stereocenters. The van der Waals surface area contributed by atoms with Gasteiger partial charge < -0.3 is 4.74 Å². The number of benzene rings is 1. The second-order valence-electron chi connectivity index (χ2n) is 3.64. The van der Waals surface area contributed by atoms with Crippen molar-refractivity contribution in [2.45, 2.75) is 26.4 Å². The van der Waals surface area contributed by atoms with Gasteiger partial charge in [0, 0.05) is 6.42 Å². The first-order valence-corrected chi connectivity index (χ1v) is 5.10. The van der Waals surface area contributed by atoms with Crippen LogP contribution in [-0.2, 0) is 6.18 Å². The maximum atomic E-state index is 12.6. The smallest absolute Gasteiger partial charge is 0.416 e. The number of rotatable bonds is 3. The Morgan fingerprint density at radius 1 is 1.35 bits per heavy atom. The summed E-state index contributed by atoms with van der Waals surface area (Å²) < 4.78 is 42.8. The van der Waals surface area contributed by atoms with E-state index in [1.165, 1.54) is 20.1 Å². The Balaban J connectivity index is 3.40. The van der Waals surface area contributed by atoms with Crippen molar-refractivity contribution in [1.29, 1.82) is 0 Å². The van der Waals surface area contributed by atoms with E-state index in [0.717, 1.165) is 6.07 Å².